The third-order valence-electron chi connectivity index (χ3n) is 6.00. The molecule has 1 saturated heterocycles. The number of anilines is 1. The molecule has 0 radical (unpaired) electrons. The number of hydrogen-bond donors (Lipinski definition) is 1. The Hall–Kier alpha value is -3.74. The Morgan fingerprint density at radius 1 is 0.861 bits per heavy atom. The minimum atomic E-state index is -0.530. The molecule has 36 heavy (non-hydrogen) atoms. The Balaban J connectivity index is 1.28. The van der Waals surface area contributed by atoms with E-state index in [0.29, 0.717) is 32.8 Å². The quantitative estimate of drug-likeness (QED) is 0.435. The van der Waals surface area contributed by atoms with Crippen molar-refractivity contribution in [2.45, 2.75) is 39.2 Å². The number of carbonyl (C=O) groups is 2. The number of urea groups is 1. The molecule has 1 aliphatic heterocycles. The topological polar surface area (TPSA) is 71.1 Å². The van der Waals surface area contributed by atoms with Crippen molar-refractivity contribution in [1.29, 1.82) is 0 Å². The van der Waals surface area contributed by atoms with Crippen LogP contribution in [0.15, 0.2) is 66.7 Å². The molecule has 0 bridgehead atoms. The van der Waals surface area contributed by atoms with Gasteiger partial charge in [0.05, 0.1) is 6.61 Å². The van der Waals surface area contributed by atoms with Gasteiger partial charge in [0.15, 0.2) is 0 Å². The van der Waals surface area contributed by atoms with Crippen LogP contribution >= 0.6 is 0 Å². The second-order valence-electron chi connectivity index (χ2n) is 10.0. The number of rotatable bonds is 6. The highest BCUT2D eigenvalue weighted by Gasteiger charge is 2.27. The van der Waals surface area contributed by atoms with Crippen LogP contribution in [0.1, 0.15) is 32.8 Å². The Morgan fingerprint density at radius 2 is 1.56 bits per heavy atom. The van der Waals surface area contributed by atoms with Crippen LogP contribution in [0.4, 0.5) is 15.3 Å². The van der Waals surface area contributed by atoms with E-state index < -0.39 is 5.60 Å². The molecule has 190 valence electrons. The van der Waals surface area contributed by atoms with Crippen molar-refractivity contribution >= 4 is 28.6 Å². The van der Waals surface area contributed by atoms with Crippen LogP contribution in [-0.2, 0) is 11.2 Å². The number of nitrogens with zero attached hydrogens (tertiary/aromatic N) is 2. The van der Waals surface area contributed by atoms with Crippen LogP contribution in [0, 0.1) is 0 Å². The number of aryl methyl sites for hydroxylation is 1. The molecule has 3 aromatic carbocycles. The lowest BCUT2D eigenvalue weighted by Crippen LogP contribution is -2.52. The smallest absolute Gasteiger partial charge is 0.410 e. The van der Waals surface area contributed by atoms with Gasteiger partial charge < -0.3 is 24.6 Å². The molecule has 4 rings (SSSR count). The highest BCUT2D eigenvalue weighted by atomic mass is 16.6. The molecular weight excluding hydrogens is 454 g/mol. The van der Waals surface area contributed by atoms with Gasteiger partial charge in [-0.05, 0) is 74.2 Å². The van der Waals surface area contributed by atoms with Gasteiger partial charge in [-0.25, -0.2) is 9.59 Å². The number of fused-ring (bicyclic) bond motifs is 1. The number of para-hydroxylation sites is 1. The minimum absolute atomic E-state index is 0.160. The average Bonchev–Trinajstić information content (AvgIpc) is 2.86. The van der Waals surface area contributed by atoms with Gasteiger partial charge in [0, 0.05) is 31.9 Å². The molecule has 7 heteroatoms. The van der Waals surface area contributed by atoms with Crippen LogP contribution < -0.4 is 10.1 Å². The Labute approximate surface area is 213 Å². The normalized spacial score (nSPS) is 14.0. The summed E-state index contributed by atoms with van der Waals surface area (Å²) in [5, 5.41) is 5.22. The summed E-state index contributed by atoms with van der Waals surface area (Å²) in [4.78, 5) is 28.5. The van der Waals surface area contributed by atoms with Crippen molar-refractivity contribution in [2.75, 3.05) is 38.1 Å². The zero-order valence-electron chi connectivity index (χ0n) is 21.3. The standard InChI is InChI=1S/C29H35N3O4/c1-29(2,3)36-28(34)32-17-15-31(16-18-32)27(33)30-25-14-13-23-12-11-22(20-24(23)21-25)8-7-19-35-26-9-5-4-6-10-26/h4-6,9-14,20-21H,7-8,15-19H2,1-3H3,(H,30,33). The third kappa shape index (κ3) is 7.13. The van der Waals surface area contributed by atoms with Crippen molar-refractivity contribution in [3.05, 3.63) is 72.3 Å². The van der Waals surface area contributed by atoms with Crippen molar-refractivity contribution in [3.63, 3.8) is 0 Å². The number of benzene rings is 3. The molecule has 0 unspecified atom stereocenters. The summed E-state index contributed by atoms with van der Waals surface area (Å²) in [6.07, 6.45) is 1.51. The first-order chi connectivity index (χ1) is 17.3. The molecule has 1 aliphatic rings. The number of nitrogens with one attached hydrogen (secondary N) is 1. The lowest BCUT2D eigenvalue weighted by Gasteiger charge is -2.35. The molecule has 7 nitrogen and oxygen atoms in total. The van der Waals surface area contributed by atoms with Crippen LogP contribution in [0.2, 0.25) is 0 Å². The summed E-state index contributed by atoms with van der Waals surface area (Å²) < 4.78 is 11.2. The SMILES string of the molecule is CC(C)(C)OC(=O)N1CCN(C(=O)Nc2ccc3ccc(CCCOc4ccccc4)cc3c2)CC1. The highest BCUT2D eigenvalue weighted by molar-refractivity contribution is 5.93. The minimum Gasteiger partial charge on any atom is -0.494 e. The van der Waals surface area contributed by atoms with E-state index in [-0.39, 0.29) is 12.1 Å². The van der Waals surface area contributed by atoms with E-state index in [9.17, 15) is 9.59 Å². The molecule has 0 spiro atoms. The number of amides is 3. The van der Waals surface area contributed by atoms with E-state index in [1.54, 1.807) is 9.80 Å². The zero-order valence-corrected chi connectivity index (χ0v) is 21.3. The van der Waals surface area contributed by atoms with E-state index in [2.05, 4.69) is 23.5 Å². The van der Waals surface area contributed by atoms with Crippen molar-refractivity contribution in [1.82, 2.24) is 9.80 Å². The molecule has 0 aliphatic carbocycles. The fourth-order valence-electron chi connectivity index (χ4n) is 4.13. The highest BCUT2D eigenvalue weighted by Crippen LogP contribution is 2.22. The summed E-state index contributed by atoms with van der Waals surface area (Å²) in [5.41, 5.74) is 1.46. The first kappa shape index (κ1) is 25.4. The molecule has 0 aromatic heterocycles. The molecule has 0 atom stereocenters. The van der Waals surface area contributed by atoms with Crippen LogP contribution in [0.3, 0.4) is 0 Å². The van der Waals surface area contributed by atoms with Gasteiger partial charge in [-0.15, -0.1) is 0 Å². The molecule has 1 fully saturated rings. The van der Waals surface area contributed by atoms with E-state index in [4.69, 9.17) is 9.47 Å². The summed E-state index contributed by atoms with van der Waals surface area (Å²) in [7, 11) is 0. The van der Waals surface area contributed by atoms with Gasteiger partial charge in [0.1, 0.15) is 11.4 Å². The lowest BCUT2D eigenvalue weighted by atomic mass is 10.0. The number of carbonyl (C=O) groups excluding carboxylic acids is 2. The van der Waals surface area contributed by atoms with Crippen LogP contribution in [0.25, 0.3) is 10.8 Å². The second kappa shape index (κ2) is 11.3. The summed E-state index contributed by atoms with van der Waals surface area (Å²) >= 11 is 0. The van der Waals surface area contributed by atoms with Gasteiger partial charge >= 0.3 is 12.1 Å². The number of ether oxygens (including phenoxy) is 2. The maximum Gasteiger partial charge on any atom is 0.410 e. The molecule has 1 N–H and O–H groups in total. The largest absolute Gasteiger partial charge is 0.494 e. The Bertz CT molecular complexity index is 1180. The van der Waals surface area contributed by atoms with Gasteiger partial charge in [-0.1, -0.05) is 42.5 Å². The van der Waals surface area contributed by atoms with Gasteiger partial charge in [-0.2, -0.15) is 0 Å². The second-order valence-corrected chi connectivity index (χ2v) is 10.0. The van der Waals surface area contributed by atoms with E-state index >= 15 is 0 Å². The third-order valence-corrected chi connectivity index (χ3v) is 6.00. The van der Waals surface area contributed by atoms with Crippen molar-refractivity contribution in [3.8, 4) is 5.75 Å². The summed E-state index contributed by atoms with van der Waals surface area (Å²) in [6.45, 7) is 8.06. The maximum atomic E-state index is 12.8. The van der Waals surface area contributed by atoms with Gasteiger partial charge in [0.2, 0.25) is 0 Å². The van der Waals surface area contributed by atoms with E-state index in [1.807, 2.05) is 69.3 Å². The fourth-order valence-corrected chi connectivity index (χ4v) is 4.13. The average molecular weight is 490 g/mol. The molecule has 0 saturated carbocycles. The summed E-state index contributed by atoms with van der Waals surface area (Å²) in [6, 6.07) is 22.1. The maximum absolute atomic E-state index is 12.8. The van der Waals surface area contributed by atoms with E-state index in [1.165, 1.54) is 5.56 Å². The Morgan fingerprint density at radius 3 is 2.28 bits per heavy atom. The van der Waals surface area contributed by atoms with E-state index in [0.717, 1.165) is 35.1 Å². The molecular formula is C29H35N3O4. The predicted molar refractivity (Wildman–Crippen MR) is 143 cm³/mol. The Kier molecular flexibility index (Phi) is 7.98. The first-order valence-electron chi connectivity index (χ1n) is 12.5. The van der Waals surface area contributed by atoms with Crippen LogP contribution in [-0.4, -0.2) is 60.3 Å². The summed E-state index contributed by atoms with van der Waals surface area (Å²) in [5.74, 6) is 0.891. The molecule has 3 amide bonds. The lowest BCUT2D eigenvalue weighted by molar-refractivity contribution is 0.0174. The fraction of sp³-hybridized carbons (Fsp3) is 0.379. The molecule has 3 aromatic rings. The van der Waals surface area contributed by atoms with Crippen LogP contribution in [0.5, 0.6) is 5.75 Å². The van der Waals surface area contributed by atoms with Crippen molar-refractivity contribution < 1.29 is 19.1 Å². The zero-order chi connectivity index (χ0) is 25.5. The van der Waals surface area contributed by atoms with Gasteiger partial charge in [0.25, 0.3) is 0 Å². The predicted octanol–water partition coefficient (Wildman–Crippen LogP) is 5.94. The molecule has 1 heterocycles. The van der Waals surface area contributed by atoms with Gasteiger partial charge in [-0.3, -0.25) is 0 Å². The monoisotopic (exact) mass is 489 g/mol. The number of hydrogen-bond acceptors (Lipinski definition) is 4. The van der Waals surface area contributed by atoms with Crippen molar-refractivity contribution in [2.24, 2.45) is 0 Å². The first-order valence-corrected chi connectivity index (χ1v) is 12.5. The number of piperazine rings is 1.